The molecule has 0 aliphatic carbocycles. The zero-order chi connectivity index (χ0) is 24.2. The molecule has 174 valence electrons. The number of methoxy groups -OCH3 is 1. The Morgan fingerprint density at radius 3 is 2.44 bits per heavy atom. The van der Waals surface area contributed by atoms with E-state index in [1.54, 1.807) is 12.0 Å². The van der Waals surface area contributed by atoms with Gasteiger partial charge in [-0.25, -0.2) is 0 Å². The number of thioether (sulfide) groups is 1. The van der Waals surface area contributed by atoms with Gasteiger partial charge in [-0.3, -0.25) is 9.69 Å². The molecule has 0 aromatic heterocycles. The maximum Gasteiger partial charge on any atom is 0.266 e. The van der Waals surface area contributed by atoms with Gasteiger partial charge in [0.05, 0.1) is 23.0 Å². The van der Waals surface area contributed by atoms with Crippen molar-refractivity contribution in [2.24, 2.45) is 0 Å². The van der Waals surface area contributed by atoms with Gasteiger partial charge in [-0.15, -0.1) is 0 Å². The van der Waals surface area contributed by atoms with Gasteiger partial charge in [0.25, 0.3) is 5.91 Å². The minimum absolute atomic E-state index is 0.103. The molecule has 1 heterocycles. The van der Waals surface area contributed by atoms with Crippen molar-refractivity contribution in [1.82, 2.24) is 4.90 Å². The highest BCUT2D eigenvalue weighted by molar-refractivity contribution is 9.10. The van der Waals surface area contributed by atoms with E-state index in [1.807, 2.05) is 73.7 Å². The normalized spacial score (nSPS) is 14.7. The minimum Gasteiger partial charge on any atom is -0.493 e. The van der Waals surface area contributed by atoms with Crippen molar-refractivity contribution in [2.75, 3.05) is 7.11 Å². The lowest BCUT2D eigenvalue weighted by Gasteiger charge is -2.15. The predicted octanol–water partition coefficient (Wildman–Crippen LogP) is 7.40. The fourth-order valence-electron chi connectivity index (χ4n) is 3.36. The number of nitrogens with zero attached hydrogens (tertiary/aromatic N) is 1. The average molecular weight is 575 g/mol. The van der Waals surface area contributed by atoms with Crippen molar-refractivity contribution in [3.8, 4) is 11.5 Å². The van der Waals surface area contributed by atoms with Crippen LogP contribution in [-0.4, -0.2) is 22.2 Å². The van der Waals surface area contributed by atoms with E-state index in [-0.39, 0.29) is 5.91 Å². The third-order valence-electron chi connectivity index (χ3n) is 5.18. The van der Waals surface area contributed by atoms with Crippen molar-refractivity contribution < 1.29 is 14.3 Å². The van der Waals surface area contributed by atoms with Gasteiger partial charge in [0, 0.05) is 5.02 Å². The number of benzene rings is 3. The predicted molar refractivity (Wildman–Crippen MR) is 146 cm³/mol. The van der Waals surface area contributed by atoms with Crippen LogP contribution in [0.15, 0.2) is 70.0 Å². The van der Waals surface area contributed by atoms with E-state index in [0.717, 1.165) is 21.2 Å². The number of hydrogen-bond donors (Lipinski definition) is 0. The summed E-state index contributed by atoms with van der Waals surface area (Å²) in [5.41, 5.74) is 4.00. The highest BCUT2D eigenvalue weighted by Gasteiger charge is 2.32. The summed E-state index contributed by atoms with van der Waals surface area (Å²) in [6, 6.07) is 19.3. The van der Waals surface area contributed by atoms with Gasteiger partial charge in [-0.05, 0) is 69.9 Å². The van der Waals surface area contributed by atoms with Crippen LogP contribution in [0.5, 0.6) is 11.5 Å². The van der Waals surface area contributed by atoms with Crippen LogP contribution in [0, 0.1) is 6.92 Å². The Labute approximate surface area is 222 Å². The first-order valence-corrected chi connectivity index (χ1v) is 12.8. The zero-order valence-corrected chi connectivity index (χ0v) is 22.5. The lowest BCUT2D eigenvalue weighted by atomic mass is 10.1. The highest BCUT2D eigenvalue weighted by Crippen LogP contribution is 2.40. The van der Waals surface area contributed by atoms with E-state index in [0.29, 0.717) is 38.9 Å². The summed E-state index contributed by atoms with van der Waals surface area (Å²) < 4.78 is 12.8. The molecule has 0 spiro atoms. The lowest BCUT2D eigenvalue weighted by molar-refractivity contribution is -0.122. The van der Waals surface area contributed by atoms with Crippen molar-refractivity contribution in [2.45, 2.75) is 20.1 Å². The number of hydrogen-bond acceptors (Lipinski definition) is 5. The van der Waals surface area contributed by atoms with Crippen LogP contribution in [0.2, 0.25) is 5.02 Å². The number of amides is 1. The van der Waals surface area contributed by atoms with E-state index in [9.17, 15) is 4.79 Å². The summed E-state index contributed by atoms with van der Waals surface area (Å²) in [5.74, 6) is 1.04. The standard InChI is InChI=1S/C26H21BrClNO3S2/c1-16-3-5-17(6-4-16)14-29-25(30)23(34-26(29)33)13-19-11-21(27)24(22(12-19)31-2)32-15-18-7-9-20(28)10-8-18/h3-13H,14-15H2,1-2H3/b23-13-. The van der Waals surface area contributed by atoms with Crippen LogP contribution in [0.4, 0.5) is 0 Å². The molecule has 1 saturated heterocycles. The van der Waals surface area contributed by atoms with Crippen molar-refractivity contribution in [3.05, 3.63) is 97.3 Å². The van der Waals surface area contributed by atoms with Gasteiger partial charge >= 0.3 is 0 Å². The second-order valence-electron chi connectivity index (χ2n) is 7.70. The first kappa shape index (κ1) is 24.8. The molecule has 3 aromatic rings. The highest BCUT2D eigenvalue weighted by atomic mass is 79.9. The van der Waals surface area contributed by atoms with E-state index >= 15 is 0 Å². The molecule has 0 atom stereocenters. The molecule has 1 fully saturated rings. The molecule has 34 heavy (non-hydrogen) atoms. The van der Waals surface area contributed by atoms with Crippen LogP contribution in [0.25, 0.3) is 6.08 Å². The number of halogens is 2. The van der Waals surface area contributed by atoms with Gasteiger partial charge in [0.15, 0.2) is 11.5 Å². The molecule has 3 aromatic carbocycles. The molecule has 1 amide bonds. The summed E-state index contributed by atoms with van der Waals surface area (Å²) in [6.45, 7) is 2.85. The third-order valence-corrected chi connectivity index (χ3v) is 7.40. The second kappa shape index (κ2) is 11.0. The molecule has 4 rings (SSSR count). The number of thiocarbonyl (C=S) groups is 1. The number of aryl methyl sites for hydroxylation is 1. The molecule has 0 N–H and O–H groups in total. The van der Waals surface area contributed by atoms with Crippen molar-refractivity contribution >= 4 is 67.8 Å². The molecule has 0 radical (unpaired) electrons. The third kappa shape index (κ3) is 5.84. The Morgan fingerprint density at radius 1 is 1.09 bits per heavy atom. The Hall–Kier alpha value is -2.32. The fraction of sp³-hybridized carbons (Fsp3) is 0.154. The summed E-state index contributed by atoms with van der Waals surface area (Å²) in [6.07, 6.45) is 1.82. The van der Waals surface area contributed by atoms with Gasteiger partial charge in [0.2, 0.25) is 0 Å². The van der Waals surface area contributed by atoms with Crippen LogP contribution < -0.4 is 9.47 Å². The molecule has 0 saturated carbocycles. The molecule has 1 aliphatic rings. The molecule has 4 nitrogen and oxygen atoms in total. The van der Waals surface area contributed by atoms with E-state index in [1.165, 1.54) is 17.3 Å². The van der Waals surface area contributed by atoms with E-state index in [4.69, 9.17) is 33.3 Å². The number of carbonyl (C=O) groups is 1. The largest absolute Gasteiger partial charge is 0.493 e. The lowest BCUT2D eigenvalue weighted by Crippen LogP contribution is -2.27. The minimum atomic E-state index is -0.103. The number of carbonyl (C=O) groups excluding carboxylic acids is 1. The van der Waals surface area contributed by atoms with E-state index in [2.05, 4.69) is 15.9 Å². The summed E-state index contributed by atoms with van der Waals surface area (Å²) in [5, 5.41) is 0.677. The Morgan fingerprint density at radius 2 is 1.76 bits per heavy atom. The van der Waals surface area contributed by atoms with Crippen LogP contribution >= 0.6 is 51.5 Å². The average Bonchev–Trinajstić information content (AvgIpc) is 3.07. The van der Waals surface area contributed by atoms with Crippen molar-refractivity contribution in [3.63, 3.8) is 0 Å². The Bertz CT molecular complexity index is 1260. The SMILES string of the molecule is COc1cc(/C=C2\SC(=S)N(Cc3ccc(C)cc3)C2=O)cc(Br)c1OCc1ccc(Cl)cc1. The van der Waals surface area contributed by atoms with Gasteiger partial charge in [-0.2, -0.15) is 0 Å². The monoisotopic (exact) mass is 573 g/mol. The molecule has 0 unspecified atom stereocenters. The summed E-state index contributed by atoms with van der Waals surface area (Å²) in [4.78, 5) is 15.3. The van der Waals surface area contributed by atoms with E-state index < -0.39 is 0 Å². The molecule has 0 bridgehead atoms. The van der Waals surface area contributed by atoms with Crippen LogP contribution in [-0.2, 0) is 17.9 Å². The van der Waals surface area contributed by atoms with Crippen LogP contribution in [0.3, 0.4) is 0 Å². The Balaban J connectivity index is 1.52. The summed E-state index contributed by atoms with van der Waals surface area (Å²) >= 11 is 16.3. The zero-order valence-electron chi connectivity index (χ0n) is 18.5. The first-order valence-electron chi connectivity index (χ1n) is 10.4. The molecule has 8 heteroatoms. The fourth-order valence-corrected chi connectivity index (χ4v) is 5.32. The smallest absolute Gasteiger partial charge is 0.266 e. The van der Waals surface area contributed by atoms with Gasteiger partial charge < -0.3 is 9.47 Å². The maximum atomic E-state index is 13.1. The topological polar surface area (TPSA) is 38.8 Å². The quantitative estimate of drug-likeness (QED) is 0.217. The maximum absolute atomic E-state index is 13.1. The number of ether oxygens (including phenoxy) is 2. The Kier molecular flexibility index (Phi) is 7.99. The first-order chi connectivity index (χ1) is 16.3. The van der Waals surface area contributed by atoms with Gasteiger partial charge in [0.1, 0.15) is 10.9 Å². The van der Waals surface area contributed by atoms with Gasteiger partial charge in [-0.1, -0.05) is 77.5 Å². The van der Waals surface area contributed by atoms with Crippen molar-refractivity contribution in [1.29, 1.82) is 0 Å². The van der Waals surface area contributed by atoms with Crippen LogP contribution in [0.1, 0.15) is 22.3 Å². The summed E-state index contributed by atoms with van der Waals surface area (Å²) in [7, 11) is 1.59. The number of rotatable bonds is 7. The molecular formula is C26H21BrClNO3S2. The molecule has 1 aliphatic heterocycles. The second-order valence-corrected chi connectivity index (χ2v) is 10.7. The molecular weight excluding hydrogens is 554 g/mol.